The molecule has 0 fully saturated rings. The lowest BCUT2D eigenvalue weighted by molar-refractivity contribution is -0.128. The standard InChI is InChI=1S/C36H71NO3/c1-2-3-4-5-6-7-8-9-10-13-16-19-22-25-28-31-35(39)36(40)33-34(38)30-27-24-21-18-15-12-11-14-17-20-23-26-29-32-37/h9-10,34,36,38,40H,2-8,11-33,37H2,1H3/b10-9-. The van der Waals surface area contributed by atoms with Gasteiger partial charge in [0.15, 0.2) is 5.78 Å². The Morgan fingerprint density at radius 2 is 0.975 bits per heavy atom. The predicted octanol–water partition coefficient (Wildman–Crippen LogP) is 10.1. The maximum atomic E-state index is 12.2. The molecule has 0 aromatic carbocycles. The highest BCUT2D eigenvalue weighted by Gasteiger charge is 2.18. The zero-order chi connectivity index (χ0) is 29.4. The fourth-order valence-corrected chi connectivity index (χ4v) is 5.51. The van der Waals surface area contributed by atoms with Crippen molar-refractivity contribution < 1.29 is 15.0 Å². The van der Waals surface area contributed by atoms with E-state index in [-0.39, 0.29) is 12.2 Å². The molecule has 0 aromatic rings. The van der Waals surface area contributed by atoms with E-state index in [1.54, 1.807) is 0 Å². The molecule has 0 bridgehead atoms. The Bertz CT molecular complexity index is 536. The molecule has 2 unspecified atom stereocenters. The molecule has 0 saturated carbocycles. The van der Waals surface area contributed by atoms with Gasteiger partial charge in [-0.1, -0.05) is 147 Å². The molecular formula is C36H71NO3. The van der Waals surface area contributed by atoms with Gasteiger partial charge in [-0.15, -0.1) is 0 Å². The van der Waals surface area contributed by atoms with Crippen LogP contribution in [-0.2, 0) is 4.79 Å². The molecule has 0 aromatic heterocycles. The minimum atomic E-state index is -0.993. The minimum absolute atomic E-state index is 0.0905. The first-order valence-corrected chi connectivity index (χ1v) is 17.9. The first kappa shape index (κ1) is 39.3. The maximum absolute atomic E-state index is 12.2. The molecule has 2 atom stereocenters. The molecule has 0 aliphatic heterocycles. The van der Waals surface area contributed by atoms with Gasteiger partial charge < -0.3 is 15.9 Å². The molecule has 0 heterocycles. The van der Waals surface area contributed by atoms with Crippen LogP contribution in [0.25, 0.3) is 0 Å². The summed E-state index contributed by atoms with van der Waals surface area (Å²) in [7, 11) is 0. The maximum Gasteiger partial charge on any atom is 0.161 e. The van der Waals surface area contributed by atoms with Crippen molar-refractivity contribution in [2.24, 2.45) is 5.73 Å². The molecule has 0 spiro atoms. The van der Waals surface area contributed by atoms with Crippen LogP contribution in [-0.4, -0.2) is 34.7 Å². The third-order valence-corrected chi connectivity index (χ3v) is 8.29. The van der Waals surface area contributed by atoms with Gasteiger partial charge in [0.2, 0.25) is 0 Å². The van der Waals surface area contributed by atoms with Crippen LogP contribution in [0.2, 0.25) is 0 Å². The van der Waals surface area contributed by atoms with Crippen molar-refractivity contribution in [3.05, 3.63) is 12.2 Å². The predicted molar refractivity (Wildman–Crippen MR) is 175 cm³/mol. The van der Waals surface area contributed by atoms with Gasteiger partial charge in [-0.3, -0.25) is 4.79 Å². The molecule has 4 heteroatoms. The summed E-state index contributed by atoms with van der Waals surface area (Å²) >= 11 is 0. The fraction of sp³-hybridized carbons (Fsp3) is 0.917. The lowest BCUT2D eigenvalue weighted by Crippen LogP contribution is -2.25. The second kappa shape index (κ2) is 32.8. The monoisotopic (exact) mass is 566 g/mol. The van der Waals surface area contributed by atoms with Crippen molar-refractivity contribution >= 4 is 5.78 Å². The number of Topliss-reactive ketones (excluding diaryl/α,β-unsaturated/α-hetero) is 1. The lowest BCUT2D eigenvalue weighted by atomic mass is 9.98. The summed E-state index contributed by atoms with van der Waals surface area (Å²) in [4.78, 5) is 12.2. The van der Waals surface area contributed by atoms with Crippen LogP contribution in [0.3, 0.4) is 0 Å². The van der Waals surface area contributed by atoms with Crippen LogP contribution >= 0.6 is 0 Å². The summed E-state index contributed by atoms with van der Waals surface area (Å²) in [6.07, 6.45) is 37.1. The quantitative estimate of drug-likeness (QED) is 0.0546. The molecule has 0 amide bonds. The molecule has 40 heavy (non-hydrogen) atoms. The highest BCUT2D eigenvalue weighted by Crippen LogP contribution is 2.16. The van der Waals surface area contributed by atoms with Gasteiger partial charge in [0.25, 0.3) is 0 Å². The number of hydrogen-bond acceptors (Lipinski definition) is 4. The minimum Gasteiger partial charge on any atom is -0.393 e. The normalized spacial score (nSPS) is 13.3. The van der Waals surface area contributed by atoms with Crippen LogP contribution in [0.1, 0.15) is 193 Å². The summed E-state index contributed by atoms with van der Waals surface area (Å²) in [6.45, 7) is 3.10. The van der Waals surface area contributed by atoms with E-state index in [1.807, 2.05) is 0 Å². The zero-order valence-corrected chi connectivity index (χ0v) is 26.9. The number of carbonyl (C=O) groups excluding carboxylic acids is 1. The van der Waals surface area contributed by atoms with Crippen molar-refractivity contribution in [2.45, 2.75) is 205 Å². The average Bonchev–Trinajstić information content (AvgIpc) is 2.95. The third kappa shape index (κ3) is 30.3. The van der Waals surface area contributed by atoms with Crippen molar-refractivity contribution in [1.29, 1.82) is 0 Å². The van der Waals surface area contributed by atoms with Gasteiger partial charge in [0, 0.05) is 12.8 Å². The Kier molecular flexibility index (Phi) is 32.2. The van der Waals surface area contributed by atoms with Gasteiger partial charge in [0.1, 0.15) is 6.10 Å². The summed E-state index contributed by atoms with van der Waals surface area (Å²) < 4.78 is 0. The van der Waals surface area contributed by atoms with E-state index in [9.17, 15) is 15.0 Å². The van der Waals surface area contributed by atoms with Crippen molar-refractivity contribution in [3.8, 4) is 0 Å². The van der Waals surface area contributed by atoms with Gasteiger partial charge in [-0.2, -0.15) is 0 Å². The number of rotatable bonds is 33. The van der Waals surface area contributed by atoms with E-state index in [0.717, 1.165) is 38.6 Å². The number of aliphatic hydroxyl groups excluding tert-OH is 2. The molecule has 0 rings (SSSR count). The Morgan fingerprint density at radius 1 is 0.575 bits per heavy atom. The van der Waals surface area contributed by atoms with E-state index >= 15 is 0 Å². The number of unbranched alkanes of at least 4 members (excludes halogenated alkanes) is 23. The van der Waals surface area contributed by atoms with Gasteiger partial charge in [0.05, 0.1) is 6.10 Å². The first-order valence-electron chi connectivity index (χ1n) is 17.9. The van der Waals surface area contributed by atoms with Gasteiger partial charge in [-0.05, 0) is 51.5 Å². The van der Waals surface area contributed by atoms with E-state index in [4.69, 9.17) is 5.73 Å². The Labute approximate surface area is 250 Å². The highest BCUT2D eigenvalue weighted by atomic mass is 16.3. The second-order valence-corrected chi connectivity index (χ2v) is 12.4. The number of ketones is 1. The van der Waals surface area contributed by atoms with E-state index in [0.29, 0.717) is 12.8 Å². The number of carbonyl (C=O) groups is 1. The van der Waals surface area contributed by atoms with Crippen LogP contribution in [0, 0.1) is 0 Å². The number of allylic oxidation sites excluding steroid dienone is 2. The zero-order valence-electron chi connectivity index (χ0n) is 26.9. The van der Waals surface area contributed by atoms with Gasteiger partial charge in [-0.25, -0.2) is 0 Å². The number of aliphatic hydroxyl groups is 2. The topological polar surface area (TPSA) is 83.5 Å². The van der Waals surface area contributed by atoms with Crippen LogP contribution < -0.4 is 5.73 Å². The van der Waals surface area contributed by atoms with Crippen molar-refractivity contribution in [2.75, 3.05) is 6.54 Å². The molecule has 238 valence electrons. The van der Waals surface area contributed by atoms with E-state index in [1.165, 1.54) is 135 Å². The van der Waals surface area contributed by atoms with Crippen LogP contribution in [0.4, 0.5) is 0 Å². The molecule has 0 radical (unpaired) electrons. The third-order valence-electron chi connectivity index (χ3n) is 8.29. The largest absolute Gasteiger partial charge is 0.393 e. The highest BCUT2D eigenvalue weighted by molar-refractivity contribution is 5.82. The lowest BCUT2D eigenvalue weighted by Gasteiger charge is -2.15. The summed E-state index contributed by atoms with van der Waals surface area (Å²) in [6, 6.07) is 0. The second-order valence-electron chi connectivity index (χ2n) is 12.4. The van der Waals surface area contributed by atoms with Crippen molar-refractivity contribution in [3.63, 3.8) is 0 Å². The Balaban J connectivity index is 3.45. The van der Waals surface area contributed by atoms with Crippen LogP contribution in [0.15, 0.2) is 12.2 Å². The summed E-state index contributed by atoms with van der Waals surface area (Å²) in [5.41, 5.74) is 5.53. The first-order chi connectivity index (χ1) is 19.6. The van der Waals surface area contributed by atoms with Crippen molar-refractivity contribution in [1.82, 2.24) is 0 Å². The molecular weight excluding hydrogens is 494 g/mol. The molecule has 0 saturated heterocycles. The Hall–Kier alpha value is -0.710. The molecule has 4 nitrogen and oxygen atoms in total. The van der Waals surface area contributed by atoms with Gasteiger partial charge >= 0.3 is 0 Å². The number of hydrogen-bond donors (Lipinski definition) is 3. The fourth-order valence-electron chi connectivity index (χ4n) is 5.51. The summed E-state index contributed by atoms with van der Waals surface area (Å²) in [5.74, 6) is -0.0905. The van der Waals surface area contributed by atoms with E-state index in [2.05, 4.69) is 19.1 Å². The SMILES string of the molecule is CCCCCCCC/C=C\CCCCCCCC(=O)C(O)CC(O)CCCCCCCCCCCCCCCN. The summed E-state index contributed by atoms with van der Waals surface area (Å²) in [5, 5.41) is 20.4. The average molecular weight is 566 g/mol. The van der Waals surface area contributed by atoms with E-state index < -0.39 is 12.2 Å². The number of nitrogens with two attached hydrogens (primary N) is 1. The molecule has 0 aliphatic rings. The molecule has 4 N–H and O–H groups in total. The smallest absolute Gasteiger partial charge is 0.161 e. The molecule has 0 aliphatic carbocycles. The Morgan fingerprint density at radius 3 is 1.45 bits per heavy atom. The van der Waals surface area contributed by atoms with Crippen LogP contribution in [0.5, 0.6) is 0 Å².